The first kappa shape index (κ1) is 25.6. The summed E-state index contributed by atoms with van der Waals surface area (Å²) in [7, 11) is 3.14. The summed E-state index contributed by atoms with van der Waals surface area (Å²) >= 11 is 0. The number of nitrogens with zero attached hydrogens (tertiary/aromatic N) is 1. The van der Waals surface area contributed by atoms with E-state index in [1.807, 2.05) is 6.07 Å². The van der Waals surface area contributed by atoms with E-state index in [9.17, 15) is 14.4 Å². The van der Waals surface area contributed by atoms with E-state index in [1.165, 1.54) is 6.92 Å². The lowest BCUT2D eigenvalue weighted by Gasteiger charge is -2.12. The number of benzene rings is 3. The van der Waals surface area contributed by atoms with Gasteiger partial charge in [-0.25, -0.2) is 0 Å². The maximum atomic E-state index is 12.5. The molecule has 188 valence electrons. The zero-order chi connectivity index (χ0) is 26.4. The van der Waals surface area contributed by atoms with Crippen LogP contribution in [0, 0.1) is 0 Å². The first-order chi connectivity index (χ1) is 17.9. The van der Waals surface area contributed by atoms with Crippen LogP contribution < -0.4 is 14.2 Å². The standard InChI is InChI=1S/C30H27NO6/c1-19(32)22-6-4-5-21(13-22)15-24(34)16-23(33)14-20-7-9-25(10-8-20)37-28-11-12-31-27-18-30(36-3)29(35-2)17-26(27)28/h4-13,17-18H,14-16H2,1-3H3. The number of pyridine rings is 1. The molecule has 0 atom stereocenters. The Hall–Kier alpha value is -4.52. The Bertz CT molecular complexity index is 1460. The van der Waals surface area contributed by atoms with Crippen molar-refractivity contribution in [3.63, 3.8) is 0 Å². The molecule has 37 heavy (non-hydrogen) atoms. The van der Waals surface area contributed by atoms with E-state index < -0.39 is 0 Å². The number of carbonyl (C=O) groups excluding carboxylic acids is 3. The number of aromatic nitrogens is 1. The molecule has 0 aliphatic heterocycles. The van der Waals surface area contributed by atoms with Crippen molar-refractivity contribution in [3.8, 4) is 23.0 Å². The van der Waals surface area contributed by atoms with E-state index in [-0.39, 0.29) is 36.6 Å². The van der Waals surface area contributed by atoms with Crippen LogP contribution >= 0.6 is 0 Å². The van der Waals surface area contributed by atoms with Gasteiger partial charge in [-0.1, -0.05) is 30.3 Å². The molecule has 0 aliphatic rings. The van der Waals surface area contributed by atoms with E-state index in [1.54, 1.807) is 81.1 Å². The summed E-state index contributed by atoms with van der Waals surface area (Å²) in [6.45, 7) is 1.48. The highest BCUT2D eigenvalue weighted by atomic mass is 16.5. The SMILES string of the molecule is COc1cc2nccc(Oc3ccc(CC(=O)CC(=O)Cc4cccc(C(C)=O)c4)cc3)c2cc1OC. The Labute approximate surface area is 215 Å². The van der Waals surface area contributed by atoms with Crippen molar-refractivity contribution in [2.24, 2.45) is 0 Å². The van der Waals surface area contributed by atoms with Crippen molar-refractivity contribution >= 4 is 28.3 Å². The van der Waals surface area contributed by atoms with E-state index in [0.717, 1.165) is 16.5 Å². The Morgan fingerprint density at radius 3 is 2.11 bits per heavy atom. The number of carbonyl (C=O) groups is 3. The highest BCUT2D eigenvalue weighted by molar-refractivity contribution is 6.01. The molecule has 0 bridgehead atoms. The van der Waals surface area contributed by atoms with Crippen molar-refractivity contribution in [2.45, 2.75) is 26.2 Å². The van der Waals surface area contributed by atoms with Crippen molar-refractivity contribution < 1.29 is 28.6 Å². The minimum Gasteiger partial charge on any atom is -0.493 e. The molecule has 0 N–H and O–H groups in total. The predicted molar refractivity (Wildman–Crippen MR) is 140 cm³/mol. The molecule has 4 aromatic rings. The van der Waals surface area contributed by atoms with Gasteiger partial charge >= 0.3 is 0 Å². The Morgan fingerprint density at radius 1 is 0.757 bits per heavy atom. The molecule has 0 fully saturated rings. The summed E-state index contributed by atoms with van der Waals surface area (Å²) in [5.41, 5.74) is 2.77. The lowest BCUT2D eigenvalue weighted by Crippen LogP contribution is -2.12. The van der Waals surface area contributed by atoms with Crippen LogP contribution in [0.15, 0.2) is 72.9 Å². The van der Waals surface area contributed by atoms with Gasteiger partial charge in [0.2, 0.25) is 0 Å². The minimum absolute atomic E-state index is 0.0603. The first-order valence-electron chi connectivity index (χ1n) is 11.8. The number of Topliss-reactive ketones (excluding diaryl/α,β-unsaturated/α-hetero) is 3. The van der Waals surface area contributed by atoms with Crippen LogP contribution in [0.3, 0.4) is 0 Å². The van der Waals surface area contributed by atoms with Gasteiger partial charge in [0.05, 0.1) is 26.2 Å². The second-order valence-corrected chi connectivity index (χ2v) is 8.64. The second kappa shape index (κ2) is 11.5. The van der Waals surface area contributed by atoms with Gasteiger partial charge in [0.25, 0.3) is 0 Å². The number of hydrogen-bond donors (Lipinski definition) is 0. The number of fused-ring (bicyclic) bond motifs is 1. The van der Waals surface area contributed by atoms with Crippen LogP contribution in [0.2, 0.25) is 0 Å². The van der Waals surface area contributed by atoms with Gasteiger partial charge in [-0.05, 0) is 48.4 Å². The van der Waals surface area contributed by atoms with Gasteiger partial charge < -0.3 is 14.2 Å². The normalized spacial score (nSPS) is 10.7. The lowest BCUT2D eigenvalue weighted by atomic mass is 9.99. The van der Waals surface area contributed by atoms with Crippen LogP contribution in [0.1, 0.15) is 34.8 Å². The quantitative estimate of drug-likeness (QED) is 0.198. The molecule has 0 unspecified atom stereocenters. The average Bonchev–Trinajstić information content (AvgIpc) is 2.89. The third kappa shape index (κ3) is 6.38. The molecule has 0 saturated heterocycles. The number of methoxy groups -OCH3 is 2. The number of ketones is 3. The van der Waals surface area contributed by atoms with Crippen LogP contribution in [0.4, 0.5) is 0 Å². The third-order valence-electron chi connectivity index (χ3n) is 5.89. The fourth-order valence-electron chi connectivity index (χ4n) is 4.04. The third-order valence-corrected chi connectivity index (χ3v) is 5.89. The Morgan fingerprint density at radius 2 is 1.43 bits per heavy atom. The number of rotatable bonds is 11. The fourth-order valence-corrected chi connectivity index (χ4v) is 4.04. The largest absolute Gasteiger partial charge is 0.493 e. The lowest BCUT2D eigenvalue weighted by molar-refractivity contribution is -0.126. The Balaban J connectivity index is 1.38. The predicted octanol–water partition coefficient (Wildman–Crippen LogP) is 5.56. The van der Waals surface area contributed by atoms with Crippen molar-refractivity contribution in [2.75, 3.05) is 14.2 Å². The summed E-state index contributed by atoms with van der Waals surface area (Å²) in [4.78, 5) is 40.8. The topological polar surface area (TPSA) is 91.8 Å². The first-order valence-corrected chi connectivity index (χ1v) is 11.8. The van der Waals surface area contributed by atoms with E-state index >= 15 is 0 Å². The summed E-state index contributed by atoms with van der Waals surface area (Å²) in [6.07, 6.45) is 1.77. The Kier molecular flexibility index (Phi) is 7.93. The monoisotopic (exact) mass is 497 g/mol. The van der Waals surface area contributed by atoms with Gasteiger partial charge in [0, 0.05) is 36.1 Å². The minimum atomic E-state index is -0.178. The smallest absolute Gasteiger partial charge is 0.162 e. The average molecular weight is 498 g/mol. The molecule has 4 rings (SSSR count). The summed E-state index contributed by atoms with van der Waals surface area (Å²) < 4.78 is 16.8. The van der Waals surface area contributed by atoms with E-state index in [0.29, 0.717) is 34.1 Å². The maximum absolute atomic E-state index is 12.5. The highest BCUT2D eigenvalue weighted by Gasteiger charge is 2.14. The molecule has 0 spiro atoms. The highest BCUT2D eigenvalue weighted by Crippen LogP contribution is 2.36. The number of hydrogen-bond acceptors (Lipinski definition) is 7. The summed E-state index contributed by atoms with van der Waals surface area (Å²) in [6, 6.07) is 19.5. The zero-order valence-electron chi connectivity index (χ0n) is 20.9. The molecular weight excluding hydrogens is 470 g/mol. The van der Waals surface area contributed by atoms with Gasteiger partial charge in [0.15, 0.2) is 17.3 Å². The zero-order valence-corrected chi connectivity index (χ0v) is 20.9. The summed E-state index contributed by atoms with van der Waals surface area (Å²) in [5, 5.41) is 0.770. The second-order valence-electron chi connectivity index (χ2n) is 8.64. The van der Waals surface area contributed by atoms with Crippen LogP contribution in [-0.2, 0) is 22.4 Å². The van der Waals surface area contributed by atoms with E-state index in [2.05, 4.69) is 4.98 Å². The van der Waals surface area contributed by atoms with Crippen LogP contribution in [0.5, 0.6) is 23.0 Å². The molecule has 7 heteroatoms. The van der Waals surface area contributed by atoms with Gasteiger partial charge in [-0.15, -0.1) is 0 Å². The molecule has 0 saturated carbocycles. The molecule has 0 aliphatic carbocycles. The maximum Gasteiger partial charge on any atom is 0.162 e. The number of ether oxygens (including phenoxy) is 3. The molecular formula is C30H27NO6. The van der Waals surface area contributed by atoms with E-state index in [4.69, 9.17) is 14.2 Å². The van der Waals surface area contributed by atoms with Crippen molar-refractivity contribution in [1.29, 1.82) is 0 Å². The molecule has 3 aromatic carbocycles. The van der Waals surface area contributed by atoms with Crippen molar-refractivity contribution in [1.82, 2.24) is 4.98 Å². The molecule has 0 amide bonds. The van der Waals surface area contributed by atoms with Crippen LogP contribution in [0.25, 0.3) is 10.9 Å². The van der Waals surface area contributed by atoms with Gasteiger partial charge in [0.1, 0.15) is 23.1 Å². The van der Waals surface area contributed by atoms with Gasteiger partial charge in [-0.3, -0.25) is 19.4 Å². The summed E-state index contributed by atoms with van der Waals surface area (Å²) in [5.74, 6) is 1.95. The molecule has 0 radical (unpaired) electrons. The molecule has 1 aromatic heterocycles. The van der Waals surface area contributed by atoms with Gasteiger partial charge in [-0.2, -0.15) is 0 Å². The molecule has 1 heterocycles. The van der Waals surface area contributed by atoms with Crippen LogP contribution in [-0.4, -0.2) is 36.6 Å². The fraction of sp³-hybridized carbons (Fsp3) is 0.200. The van der Waals surface area contributed by atoms with Crippen molar-refractivity contribution in [3.05, 3.63) is 89.6 Å². The molecule has 7 nitrogen and oxygen atoms in total.